The summed E-state index contributed by atoms with van der Waals surface area (Å²) in [6.07, 6.45) is 6.76. The lowest BCUT2D eigenvalue weighted by atomic mass is 9.73. The largest absolute Gasteiger partial charge is 0.392 e. The molecule has 2 unspecified atom stereocenters. The van der Waals surface area contributed by atoms with Crippen molar-refractivity contribution in [3.05, 3.63) is 0 Å². The quantitative estimate of drug-likeness (QED) is 0.439. The van der Waals surface area contributed by atoms with Gasteiger partial charge in [-0.2, -0.15) is 0 Å². The Morgan fingerprint density at radius 3 is 2.60 bits per heavy atom. The normalized spacial score (nSPS) is 31.1. The van der Waals surface area contributed by atoms with E-state index in [1.54, 1.807) is 0 Å². The van der Waals surface area contributed by atoms with Gasteiger partial charge in [-0.15, -0.1) is 24.0 Å². The zero-order valence-electron chi connectivity index (χ0n) is 12.9. The minimum absolute atomic E-state index is 0. The molecule has 0 bridgehead atoms. The van der Waals surface area contributed by atoms with E-state index in [0.29, 0.717) is 0 Å². The van der Waals surface area contributed by atoms with Gasteiger partial charge in [0.1, 0.15) is 0 Å². The minimum Gasteiger partial charge on any atom is -0.392 e. The van der Waals surface area contributed by atoms with Crippen molar-refractivity contribution >= 4 is 29.9 Å². The summed E-state index contributed by atoms with van der Waals surface area (Å²) in [5.74, 6) is 1.04. The van der Waals surface area contributed by atoms with Crippen LogP contribution in [-0.2, 0) is 0 Å². The van der Waals surface area contributed by atoms with E-state index in [9.17, 15) is 5.11 Å². The molecule has 1 saturated heterocycles. The third-order valence-electron chi connectivity index (χ3n) is 4.61. The maximum atomic E-state index is 10.2. The van der Waals surface area contributed by atoms with Crippen LogP contribution >= 0.6 is 24.0 Å². The van der Waals surface area contributed by atoms with Crippen LogP contribution in [0.25, 0.3) is 0 Å². The highest BCUT2D eigenvalue weighted by Gasteiger charge is 2.35. The number of aliphatic hydroxyl groups excluding tert-OH is 1. The third-order valence-corrected chi connectivity index (χ3v) is 4.61. The number of aliphatic hydroxyl groups is 1. The van der Waals surface area contributed by atoms with Gasteiger partial charge in [-0.3, -0.25) is 4.99 Å². The molecule has 0 aromatic heterocycles. The first-order chi connectivity index (χ1) is 9.15. The Bertz CT molecular complexity index is 318. The molecule has 118 valence electrons. The van der Waals surface area contributed by atoms with Crippen molar-refractivity contribution < 1.29 is 5.11 Å². The number of hydrogen-bond acceptors (Lipinski definition) is 2. The Kier molecular flexibility index (Phi) is 7.58. The highest BCUT2D eigenvalue weighted by molar-refractivity contribution is 14.0. The lowest BCUT2D eigenvalue weighted by Crippen LogP contribution is -2.42. The van der Waals surface area contributed by atoms with Crippen LogP contribution in [-0.4, -0.2) is 48.2 Å². The Morgan fingerprint density at radius 2 is 2.00 bits per heavy atom. The molecular formula is C15H30IN3O. The smallest absolute Gasteiger partial charge is 0.193 e. The van der Waals surface area contributed by atoms with Gasteiger partial charge in [-0.05, 0) is 32.6 Å². The van der Waals surface area contributed by atoms with Crippen molar-refractivity contribution in [3.8, 4) is 0 Å². The lowest BCUT2D eigenvalue weighted by molar-refractivity contribution is 0.00706. The summed E-state index contributed by atoms with van der Waals surface area (Å²) >= 11 is 0. The molecule has 1 saturated carbocycles. The van der Waals surface area contributed by atoms with Crippen molar-refractivity contribution in [3.63, 3.8) is 0 Å². The van der Waals surface area contributed by atoms with E-state index in [-0.39, 0.29) is 35.5 Å². The second-order valence-corrected chi connectivity index (χ2v) is 6.28. The second-order valence-electron chi connectivity index (χ2n) is 6.28. The summed E-state index contributed by atoms with van der Waals surface area (Å²) in [6, 6.07) is 0. The van der Waals surface area contributed by atoms with E-state index >= 15 is 0 Å². The molecule has 2 atom stereocenters. The number of nitrogens with one attached hydrogen (secondary N) is 1. The van der Waals surface area contributed by atoms with Crippen molar-refractivity contribution in [1.29, 1.82) is 0 Å². The van der Waals surface area contributed by atoms with Crippen LogP contribution < -0.4 is 5.32 Å². The Hall–Kier alpha value is -0.0400. The van der Waals surface area contributed by atoms with Gasteiger partial charge in [-0.1, -0.05) is 19.8 Å². The summed E-state index contributed by atoms with van der Waals surface area (Å²) in [7, 11) is 0. The lowest BCUT2D eigenvalue weighted by Gasteiger charge is -2.37. The third kappa shape index (κ3) is 4.48. The average Bonchev–Trinajstić information content (AvgIpc) is 2.92. The second kappa shape index (κ2) is 8.41. The average molecular weight is 395 g/mol. The molecule has 2 rings (SSSR count). The van der Waals surface area contributed by atoms with Gasteiger partial charge in [0.2, 0.25) is 0 Å². The molecule has 2 N–H and O–H groups in total. The molecule has 0 amide bonds. The molecule has 1 heterocycles. The number of rotatable bonds is 3. The van der Waals surface area contributed by atoms with Crippen LogP contribution in [0.5, 0.6) is 0 Å². The molecule has 2 fully saturated rings. The monoisotopic (exact) mass is 395 g/mol. The van der Waals surface area contributed by atoms with E-state index in [2.05, 4.69) is 24.1 Å². The Balaban J connectivity index is 0.00000200. The maximum absolute atomic E-state index is 10.2. The van der Waals surface area contributed by atoms with E-state index in [1.807, 2.05) is 0 Å². The van der Waals surface area contributed by atoms with Crippen LogP contribution in [0.15, 0.2) is 4.99 Å². The van der Waals surface area contributed by atoms with E-state index in [1.165, 1.54) is 19.3 Å². The minimum atomic E-state index is -0.188. The Morgan fingerprint density at radius 1 is 1.30 bits per heavy atom. The predicted octanol–water partition coefficient (Wildman–Crippen LogP) is 2.61. The SMILES string of the molecule is CCNC(=NCC1(C)CCCCC1O)N1CCCC1.I. The number of nitrogens with zero attached hydrogens (tertiary/aromatic N) is 2. The first-order valence-electron chi connectivity index (χ1n) is 7.87. The summed E-state index contributed by atoms with van der Waals surface area (Å²) in [4.78, 5) is 7.16. The zero-order chi connectivity index (χ0) is 13.7. The molecule has 20 heavy (non-hydrogen) atoms. The van der Waals surface area contributed by atoms with Crippen LogP contribution in [0, 0.1) is 5.41 Å². The fraction of sp³-hybridized carbons (Fsp3) is 0.933. The maximum Gasteiger partial charge on any atom is 0.193 e. The fourth-order valence-electron chi connectivity index (χ4n) is 3.18. The van der Waals surface area contributed by atoms with E-state index in [0.717, 1.165) is 51.4 Å². The van der Waals surface area contributed by atoms with E-state index < -0.39 is 0 Å². The van der Waals surface area contributed by atoms with Crippen molar-refractivity contribution in [2.45, 2.75) is 58.5 Å². The van der Waals surface area contributed by atoms with Crippen LogP contribution in [0.4, 0.5) is 0 Å². The topological polar surface area (TPSA) is 47.9 Å². The molecular weight excluding hydrogens is 365 g/mol. The fourth-order valence-corrected chi connectivity index (χ4v) is 3.18. The summed E-state index contributed by atoms with van der Waals surface area (Å²) in [5, 5.41) is 13.6. The molecule has 1 aliphatic carbocycles. The van der Waals surface area contributed by atoms with Gasteiger partial charge in [-0.25, -0.2) is 0 Å². The summed E-state index contributed by atoms with van der Waals surface area (Å²) in [6.45, 7) is 8.19. The summed E-state index contributed by atoms with van der Waals surface area (Å²) < 4.78 is 0. The van der Waals surface area contributed by atoms with Crippen LogP contribution in [0.3, 0.4) is 0 Å². The highest BCUT2D eigenvalue weighted by atomic mass is 127. The van der Waals surface area contributed by atoms with Gasteiger partial charge in [0.05, 0.1) is 12.6 Å². The van der Waals surface area contributed by atoms with E-state index in [4.69, 9.17) is 4.99 Å². The van der Waals surface area contributed by atoms with Gasteiger partial charge >= 0.3 is 0 Å². The predicted molar refractivity (Wildman–Crippen MR) is 94.8 cm³/mol. The zero-order valence-corrected chi connectivity index (χ0v) is 15.2. The number of aliphatic imine (C=N–C) groups is 1. The molecule has 0 radical (unpaired) electrons. The number of guanidine groups is 1. The molecule has 0 spiro atoms. The molecule has 2 aliphatic rings. The number of halogens is 1. The molecule has 0 aromatic carbocycles. The first kappa shape index (κ1) is 18.0. The number of hydrogen-bond donors (Lipinski definition) is 2. The molecule has 1 aliphatic heterocycles. The van der Waals surface area contributed by atoms with Gasteiger partial charge < -0.3 is 15.3 Å². The van der Waals surface area contributed by atoms with Crippen molar-refractivity contribution in [1.82, 2.24) is 10.2 Å². The molecule has 5 heteroatoms. The van der Waals surface area contributed by atoms with Gasteiger partial charge in [0.25, 0.3) is 0 Å². The van der Waals surface area contributed by atoms with Gasteiger partial charge in [0.15, 0.2) is 5.96 Å². The van der Waals surface area contributed by atoms with Crippen LogP contribution in [0.2, 0.25) is 0 Å². The standard InChI is InChI=1S/C15H29N3O.HI/c1-3-16-14(18-10-6-7-11-18)17-12-15(2)9-5-4-8-13(15)19;/h13,19H,3-12H2,1-2H3,(H,16,17);1H. The molecule has 4 nitrogen and oxygen atoms in total. The van der Waals surface area contributed by atoms with Crippen LogP contribution in [0.1, 0.15) is 52.4 Å². The number of likely N-dealkylation sites (tertiary alicyclic amines) is 1. The Labute approximate surface area is 140 Å². The van der Waals surface area contributed by atoms with Crippen molar-refractivity contribution in [2.75, 3.05) is 26.2 Å². The van der Waals surface area contributed by atoms with Gasteiger partial charge in [0, 0.05) is 25.0 Å². The summed E-state index contributed by atoms with van der Waals surface area (Å²) in [5.41, 5.74) is -0.0291. The highest BCUT2D eigenvalue weighted by Crippen LogP contribution is 2.36. The molecule has 0 aromatic rings. The van der Waals surface area contributed by atoms with Crippen molar-refractivity contribution in [2.24, 2.45) is 10.4 Å². The first-order valence-corrected chi connectivity index (χ1v) is 7.87.